The van der Waals surface area contributed by atoms with E-state index in [0.717, 1.165) is 6.08 Å². The van der Waals surface area contributed by atoms with Crippen molar-refractivity contribution in [1.29, 1.82) is 0 Å². The number of benzene rings is 1. The van der Waals surface area contributed by atoms with Crippen LogP contribution in [0.3, 0.4) is 0 Å². The van der Waals surface area contributed by atoms with Gasteiger partial charge in [0.2, 0.25) is 0 Å². The Kier molecular flexibility index (Phi) is 3.74. The molecule has 0 aliphatic heterocycles. The molecule has 0 saturated carbocycles. The lowest BCUT2D eigenvalue weighted by Gasteiger charge is -2.06. The Morgan fingerprint density at radius 2 is 2.20 bits per heavy atom. The highest BCUT2D eigenvalue weighted by atomic mass is 79.9. The molecular weight excluding hydrogens is 264 g/mol. The van der Waals surface area contributed by atoms with Crippen LogP contribution in [0, 0.1) is 0 Å². The van der Waals surface area contributed by atoms with Crippen molar-refractivity contribution in [2.75, 3.05) is 7.11 Å². The summed E-state index contributed by atoms with van der Waals surface area (Å²) in [6, 6.07) is 3.14. The van der Waals surface area contributed by atoms with Gasteiger partial charge in [0, 0.05) is 6.08 Å². The lowest BCUT2D eigenvalue weighted by atomic mass is 10.2. The Bertz CT molecular complexity index is 412. The van der Waals surface area contributed by atoms with E-state index in [1.165, 1.54) is 13.2 Å². The number of ether oxygens (including phenoxy) is 1. The predicted octanol–water partition coefficient (Wildman–Crippen LogP) is 2.26. The first-order chi connectivity index (χ1) is 7.04. The summed E-state index contributed by atoms with van der Waals surface area (Å²) in [6.45, 7) is 0. The van der Waals surface area contributed by atoms with Crippen molar-refractivity contribution in [3.8, 4) is 11.5 Å². The van der Waals surface area contributed by atoms with Crippen molar-refractivity contribution in [3.63, 3.8) is 0 Å². The van der Waals surface area contributed by atoms with Crippen LogP contribution in [0.5, 0.6) is 11.5 Å². The van der Waals surface area contributed by atoms with Crippen molar-refractivity contribution >= 4 is 28.0 Å². The van der Waals surface area contributed by atoms with Gasteiger partial charge >= 0.3 is 5.97 Å². The van der Waals surface area contributed by atoms with E-state index in [-0.39, 0.29) is 11.5 Å². The average molecular weight is 273 g/mol. The molecule has 80 valence electrons. The molecule has 0 unspecified atom stereocenters. The lowest BCUT2D eigenvalue weighted by Crippen LogP contribution is -1.88. The van der Waals surface area contributed by atoms with E-state index in [1.54, 1.807) is 12.1 Å². The number of carboxylic acids is 1. The molecule has 4 nitrogen and oxygen atoms in total. The molecule has 0 aliphatic rings. The maximum atomic E-state index is 10.3. The van der Waals surface area contributed by atoms with Crippen LogP contribution in [0.25, 0.3) is 6.08 Å². The minimum atomic E-state index is -1.03. The van der Waals surface area contributed by atoms with Gasteiger partial charge in [-0.3, -0.25) is 0 Å². The third-order valence-electron chi connectivity index (χ3n) is 1.69. The summed E-state index contributed by atoms with van der Waals surface area (Å²) < 4.78 is 5.36. The standard InChI is InChI=1S/C10H9BrO4/c1-15-8-5-6(2-3-9(12)13)4-7(11)10(8)14/h2-5,14H,1H3,(H,12,13)/b3-2+. The third-order valence-corrected chi connectivity index (χ3v) is 2.29. The zero-order valence-electron chi connectivity index (χ0n) is 7.90. The van der Waals surface area contributed by atoms with Crippen LogP contribution in [0.1, 0.15) is 5.56 Å². The molecule has 1 rings (SSSR count). The molecule has 0 saturated heterocycles. The number of hydrogen-bond acceptors (Lipinski definition) is 3. The fourth-order valence-corrected chi connectivity index (χ4v) is 1.47. The molecule has 5 heteroatoms. The first kappa shape index (κ1) is 11.6. The summed E-state index contributed by atoms with van der Waals surface area (Å²) >= 11 is 3.13. The Hall–Kier alpha value is -1.49. The number of aliphatic carboxylic acids is 1. The number of carboxylic acid groups (broad SMARTS) is 1. The van der Waals surface area contributed by atoms with E-state index in [9.17, 15) is 9.90 Å². The molecule has 0 heterocycles. The second-order valence-corrected chi connectivity index (χ2v) is 3.58. The van der Waals surface area contributed by atoms with Crippen LogP contribution < -0.4 is 4.74 Å². The molecule has 0 aromatic heterocycles. The number of carbonyl (C=O) groups is 1. The summed E-state index contributed by atoms with van der Waals surface area (Å²) in [6.07, 6.45) is 2.42. The maximum absolute atomic E-state index is 10.3. The maximum Gasteiger partial charge on any atom is 0.328 e. The average Bonchev–Trinajstić information content (AvgIpc) is 2.19. The van der Waals surface area contributed by atoms with Crippen molar-refractivity contribution in [3.05, 3.63) is 28.2 Å². The van der Waals surface area contributed by atoms with Crippen molar-refractivity contribution < 1.29 is 19.7 Å². The minimum Gasteiger partial charge on any atom is -0.503 e. The monoisotopic (exact) mass is 272 g/mol. The Labute approximate surface area is 94.9 Å². The normalized spacial score (nSPS) is 10.5. The first-order valence-electron chi connectivity index (χ1n) is 4.02. The van der Waals surface area contributed by atoms with E-state index >= 15 is 0 Å². The van der Waals surface area contributed by atoms with E-state index < -0.39 is 5.97 Å². The summed E-state index contributed by atoms with van der Waals surface area (Å²) in [5.41, 5.74) is 0.624. The smallest absolute Gasteiger partial charge is 0.328 e. The van der Waals surface area contributed by atoms with Crippen LogP contribution >= 0.6 is 15.9 Å². The van der Waals surface area contributed by atoms with Crippen LogP contribution in [-0.2, 0) is 4.79 Å². The molecule has 15 heavy (non-hydrogen) atoms. The van der Waals surface area contributed by atoms with Crippen LogP contribution in [0.2, 0.25) is 0 Å². The predicted molar refractivity (Wildman–Crippen MR) is 59.0 cm³/mol. The van der Waals surface area contributed by atoms with Gasteiger partial charge < -0.3 is 14.9 Å². The van der Waals surface area contributed by atoms with Crippen LogP contribution in [0.4, 0.5) is 0 Å². The van der Waals surface area contributed by atoms with Crippen molar-refractivity contribution in [2.45, 2.75) is 0 Å². The third kappa shape index (κ3) is 2.99. The van der Waals surface area contributed by atoms with Crippen molar-refractivity contribution in [2.24, 2.45) is 0 Å². The first-order valence-corrected chi connectivity index (χ1v) is 4.81. The van der Waals surface area contributed by atoms with E-state index in [4.69, 9.17) is 9.84 Å². The molecule has 0 fully saturated rings. The fraction of sp³-hybridized carbons (Fsp3) is 0.100. The highest BCUT2D eigenvalue weighted by molar-refractivity contribution is 9.10. The summed E-state index contributed by atoms with van der Waals surface area (Å²) in [5.74, 6) is -0.752. The Morgan fingerprint density at radius 3 is 2.73 bits per heavy atom. The zero-order chi connectivity index (χ0) is 11.4. The minimum absolute atomic E-state index is 0.00928. The molecule has 0 atom stereocenters. The second kappa shape index (κ2) is 4.84. The highest BCUT2D eigenvalue weighted by Gasteiger charge is 2.06. The number of phenols is 1. The molecule has 0 bridgehead atoms. The van der Waals surface area contributed by atoms with Gasteiger partial charge in [0.15, 0.2) is 11.5 Å². The van der Waals surface area contributed by atoms with E-state index in [0.29, 0.717) is 10.0 Å². The molecule has 1 aromatic rings. The summed E-state index contributed by atoms with van der Waals surface area (Å²) in [5, 5.41) is 17.9. The molecule has 0 spiro atoms. The largest absolute Gasteiger partial charge is 0.503 e. The summed E-state index contributed by atoms with van der Waals surface area (Å²) in [4.78, 5) is 10.3. The number of hydrogen-bond donors (Lipinski definition) is 2. The summed E-state index contributed by atoms with van der Waals surface area (Å²) in [7, 11) is 1.42. The van der Waals surface area contributed by atoms with Crippen LogP contribution in [0.15, 0.2) is 22.7 Å². The Morgan fingerprint density at radius 1 is 1.53 bits per heavy atom. The van der Waals surface area contributed by atoms with Gasteiger partial charge in [-0.1, -0.05) is 0 Å². The van der Waals surface area contributed by atoms with Gasteiger partial charge in [-0.2, -0.15) is 0 Å². The molecule has 0 radical (unpaired) electrons. The topological polar surface area (TPSA) is 66.8 Å². The van der Waals surface area contributed by atoms with E-state index in [2.05, 4.69) is 15.9 Å². The number of rotatable bonds is 3. The SMILES string of the molecule is COc1cc(/C=C/C(=O)O)cc(Br)c1O. The molecule has 0 amide bonds. The zero-order valence-corrected chi connectivity index (χ0v) is 9.48. The quantitative estimate of drug-likeness (QED) is 0.829. The van der Waals surface area contributed by atoms with Gasteiger partial charge in [-0.25, -0.2) is 4.79 Å². The van der Waals surface area contributed by atoms with Gasteiger partial charge in [-0.05, 0) is 39.7 Å². The number of halogens is 1. The van der Waals surface area contributed by atoms with E-state index in [1.807, 2.05) is 0 Å². The lowest BCUT2D eigenvalue weighted by molar-refractivity contribution is -0.131. The number of phenolic OH excluding ortho intramolecular Hbond substituents is 1. The number of aromatic hydroxyl groups is 1. The number of methoxy groups -OCH3 is 1. The Balaban J connectivity index is 3.11. The molecule has 1 aromatic carbocycles. The van der Waals surface area contributed by atoms with Gasteiger partial charge in [-0.15, -0.1) is 0 Å². The highest BCUT2D eigenvalue weighted by Crippen LogP contribution is 2.35. The van der Waals surface area contributed by atoms with Gasteiger partial charge in [0.1, 0.15) is 0 Å². The van der Waals surface area contributed by atoms with Crippen molar-refractivity contribution in [1.82, 2.24) is 0 Å². The van der Waals surface area contributed by atoms with Gasteiger partial charge in [0.05, 0.1) is 11.6 Å². The van der Waals surface area contributed by atoms with Gasteiger partial charge in [0.25, 0.3) is 0 Å². The van der Waals surface area contributed by atoms with Crippen LogP contribution in [-0.4, -0.2) is 23.3 Å². The fourth-order valence-electron chi connectivity index (χ4n) is 1.01. The molecular formula is C10H9BrO4. The molecule has 0 aliphatic carbocycles. The second-order valence-electron chi connectivity index (χ2n) is 2.73. The molecule has 2 N–H and O–H groups in total.